The number of anilines is 1. The van der Waals surface area contributed by atoms with E-state index in [0.29, 0.717) is 12.8 Å². The Morgan fingerprint density at radius 2 is 2.09 bits per heavy atom. The number of carbonyl (C=O) groups is 1. The molecule has 0 radical (unpaired) electrons. The van der Waals surface area contributed by atoms with Crippen molar-refractivity contribution in [3.05, 3.63) is 29.8 Å². The van der Waals surface area contributed by atoms with Gasteiger partial charge in [0.15, 0.2) is 0 Å². The monoisotopic (exact) mass is 303 g/mol. The van der Waals surface area contributed by atoms with Crippen molar-refractivity contribution in [1.82, 2.24) is 0 Å². The minimum absolute atomic E-state index is 0.190. The van der Waals surface area contributed by atoms with Gasteiger partial charge in [0.05, 0.1) is 6.10 Å². The molecular formula is C19H29NO2. The first kappa shape index (κ1) is 17.0. The Morgan fingerprint density at radius 3 is 2.82 bits per heavy atom. The number of aliphatic hydroxyl groups is 1. The maximum Gasteiger partial charge on any atom is 0.129 e. The Hall–Kier alpha value is -1.35. The van der Waals surface area contributed by atoms with E-state index in [9.17, 15) is 9.90 Å². The van der Waals surface area contributed by atoms with E-state index in [4.69, 9.17) is 0 Å². The molecule has 1 unspecified atom stereocenters. The van der Waals surface area contributed by atoms with E-state index in [1.807, 2.05) is 18.2 Å². The van der Waals surface area contributed by atoms with Gasteiger partial charge in [-0.3, -0.25) is 0 Å². The highest BCUT2D eigenvalue weighted by Crippen LogP contribution is 2.25. The summed E-state index contributed by atoms with van der Waals surface area (Å²) >= 11 is 0. The number of hydrogen-bond acceptors (Lipinski definition) is 3. The number of Topliss-reactive ketones (excluding diaryl/α,β-unsaturated/α-hetero) is 1. The Kier molecular flexibility index (Phi) is 6.91. The van der Waals surface area contributed by atoms with Gasteiger partial charge in [-0.1, -0.05) is 31.4 Å². The standard InChI is InChI=1S/C19H29NO2/c1-15(21)7-5-12-19(22)17-10-6-11-18(13-17)20-14-16-8-3-2-4-9-16/h6,10-11,13,16,19-20,22H,2-5,7-9,12,14H2,1H3. The summed E-state index contributed by atoms with van der Waals surface area (Å²) in [6.07, 6.45) is 8.25. The molecule has 0 bridgehead atoms. The van der Waals surface area contributed by atoms with Crippen molar-refractivity contribution >= 4 is 11.5 Å². The first-order valence-electron chi connectivity index (χ1n) is 8.66. The summed E-state index contributed by atoms with van der Waals surface area (Å²) in [5.74, 6) is 0.980. The van der Waals surface area contributed by atoms with Crippen molar-refractivity contribution in [3.63, 3.8) is 0 Å². The second kappa shape index (κ2) is 8.94. The van der Waals surface area contributed by atoms with Crippen molar-refractivity contribution in [1.29, 1.82) is 0 Å². The van der Waals surface area contributed by atoms with Gasteiger partial charge in [0.25, 0.3) is 0 Å². The number of rotatable bonds is 8. The highest BCUT2D eigenvalue weighted by atomic mass is 16.3. The van der Waals surface area contributed by atoms with Crippen LogP contribution in [0.15, 0.2) is 24.3 Å². The maximum atomic E-state index is 11.0. The number of ketones is 1. The zero-order chi connectivity index (χ0) is 15.8. The molecule has 2 rings (SSSR count). The van der Waals surface area contributed by atoms with Gasteiger partial charge in [-0.05, 0) is 56.2 Å². The largest absolute Gasteiger partial charge is 0.388 e. The fourth-order valence-corrected chi connectivity index (χ4v) is 3.22. The second-order valence-electron chi connectivity index (χ2n) is 6.62. The maximum absolute atomic E-state index is 11.0. The molecule has 1 saturated carbocycles. The molecular weight excluding hydrogens is 274 g/mol. The molecule has 122 valence electrons. The molecule has 1 fully saturated rings. The van der Waals surface area contributed by atoms with Gasteiger partial charge in [0.1, 0.15) is 5.78 Å². The van der Waals surface area contributed by atoms with Crippen LogP contribution in [0.2, 0.25) is 0 Å². The molecule has 1 aliphatic rings. The molecule has 0 saturated heterocycles. The van der Waals surface area contributed by atoms with Crippen LogP contribution in [0.1, 0.15) is 70.0 Å². The molecule has 3 nitrogen and oxygen atoms in total. The molecule has 0 heterocycles. The first-order chi connectivity index (χ1) is 10.6. The average molecular weight is 303 g/mol. The van der Waals surface area contributed by atoms with E-state index in [0.717, 1.165) is 30.1 Å². The van der Waals surface area contributed by atoms with Crippen LogP contribution in [0.25, 0.3) is 0 Å². The van der Waals surface area contributed by atoms with Crippen molar-refractivity contribution in [2.45, 2.75) is 64.4 Å². The lowest BCUT2D eigenvalue weighted by molar-refractivity contribution is -0.117. The van der Waals surface area contributed by atoms with E-state index in [1.54, 1.807) is 6.92 Å². The summed E-state index contributed by atoms with van der Waals surface area (Å²) in [5.41, 5.74) is 2.03. The van der Waals surface area contributed by atoms with Crippen LogP contribution in [-0.2, 0) is 4.79 Å². The summed E-state index contributed by atoms with van der Waals surface area (Å²) in [6, 6.07) is 8.06. The molecule has 0 aliphatic heterocycles. The molecule has 1 aromatic rings. The smallest absolute Gasteiger partial charge is 0.129 e. The fraction of sp³-hybridized carbons (Fsp3) is 0.632. The second-order valence-corrected chi connectivity index (χ2v) is 6.62. The molecule has 2 N–H and O–H groups in total. The summed E-state index contributed by atoms with van der Waals surface area (Å²) in [7, 11) is 0. The van der Waals surface area contributed by atoms with Gasteiger partial charge in [0, 0.05) is 18.7 Å². The average Bonchev–Trinajstić information content (AvgIpc) is 2.54. The lowest BCUT2D eigenvalue weighted by Crippen LogP contribution is -2.17. The summed E-state index contributed by atoms with van der Waals surface area (Å²) in [4.78, 5) is 11.0. The lowest BCUT2D eigenvalue weighted by Gasteiger charge is -2.22. The highest BCUT2D eigenvalue weighted by molar-refractivity contribution is 5.75. The van der Waals surface area contributed by atoms with Crippen LogP contribution in [0.5, 0.6) is 0 Å². The third kappa shape index (κ3) is 5.80. The minimum atomic E-state index is -0.476. The van der Waals surface area contributed by atoms with Crippen LogP contribution in [0.4, 0.5) is 5.69 Å². The third-order valence-electron chi connectivity index (χ3n) is 4.60. The van der Waals surface area contributed by atoms with Crippen molar-refractivity contribution < 1.29 is 9.90 Å². The number of hydrogen-bond donors (Lipinski definition) is 2. The summed E-state index contributed by atoms with van der Waals surface area (Å²) in [6.45, 7) is 2.63. The molecule has 22 heavy (non-hydrogen) atoms. The Balaban J connectivity index is 1.81. The van der Waals surface area contributed by atoms with E-state index in [1.165, 1.54) is 32.1 Å². The van der Waals surface area contributed by atoms with E-state index < -0.39 is 6.10 Å². The molecule has 0 amide bonds. The SMILES string of the molecule is CC(=O)CCCC(O)c1cccc(NCC2CCCCC2)c1. The molecule has 0 aromatic heterocycles. The Labute approximate surface area is 134 Å². The van der Waals surface area contributed by atoms with Crippen LogP contribution in [0.3, 0.4) is 0 Å². The molecule has 1 atom stereocenters. The van der Waals surface area contributed by atoms with Crippen LogP contribution < -0.4 is 5.32 Å². The van der Waals surface area contributed by atoms with E-state index in [2.05, 4.69) is 11.4 Å². The number of carbonyl (C=O) groups excluding carboxylic acids is 1. The minimum Gasteiger partial charge on any atom is -0.388 e. The molecule has 0 spiro atoms. The molecule has 1 aromatic carbocycles. The number of aliphatic hydroxyl groups excluding tert-OH is 1. The highest BCUT2D eigenvalue weighted by Gasteiger charge is 2.13. The Morgan fingerprint density at radius 1 is 1.32 bits per heavy atom. The first-order valence-corrected chi connectivity index (χ1v) is 8.66. The van der Waals surface area contributed by atoms with Gasteiger partial charge in [-0.25, -0.2) is 0 Å². The normalized spacial score (nSPS) is 17.2. The predicted octanol–water partition coefficient (Wildman–Crippen LogP) is 4.47. The molecule has 3 heteroatoms. The van der Waals surface area contributed by atoms with Gasteiger partial charge in [-0.2, -0.15) is 0 Å². The summed E-state index contributed by atoms with van der Waals surface area (Å²) in [5, 5.41) is 13.8. The number of benzene rings is 1. The van der Waals surface area contributed by atoms with Crippen molar-refractivity contribution in [2.75, 3.05) is 11.9 Å². The number of nitrogens with one attached hydrogen (secondary N) is 1. The van der Waals surface area contributed by atoms with Gasteiger partial charge >= 0.3 is 0 Å². The van der Waals surface area contributed by atoms with Gasteiger partial charge < -0.3 is 15.2 Å². The Bertz CT molecular complexity index is 466. The quantitative estimate of drug-likeness (QED) is 0.745. The zero-order valence-corrected chi connectivity index (χ0v) is 13.7. The van der Waals surface area contributed by atoms with Gasteiger partial charge in [0.2, 0.25) is 0 Å². The molecule has 1 aliphatic carbocycles. The van der Waals surface area contributed by atoms with E-state index in [-0.39, 0.29) is 5.78 Å². The summed E-state index contributed by atoms with van der Waals surface area (Å²) < 4.78 is 0. The van der Waals surface area contributed by atoms with Crippen LogP contribution in [-0.4, -0.2) is 17.4 Å². The fourth-order valence-electron chi connectivity index (χ4n) is 3.22. The van der Waals surface area contributed by atoms with Crippen molar-refractivity contribution in [2.24, 2.45) is 5.92 Å². The lowest BCUT2D eigenvalue weighted by atomic mass is 9.89. The van der Waals surface area contributed by atoms with Gasteiger partial charge in [-0.15, -0.1) is 0 Å². The zero-order valence-electron chi connectivity index (χ0n) is 13.7. The van der Waals surface area contributed by atoms with Crippen LogP contribution >= 0.6 is 0 Å². The van der Waals surface area contributed by atoms with Crippen molar-refractivity contribution in [3.8, 4) is 0 Å². The predicted molar refractivity (Wildman–Crippen MR) is 91.0 cm³/mol. The topological polar surface area (TPSA) is 49.3 Å². The third-order valence-corrected chi connectivity index (χ3v) is 4.60. The van der Waals surface area contributed by atoms with E-state index >= 15 is 0 Å². The van der Waals surface area contributed by atoms with Crippen LogP contribution in [0, 0.1) is 5.92 Å².